The summed E-state index contributed by atoms with van der Waals surface area (Å²) in [6, 6.07) is 11.3. The SMILES string of the molecule is OCC[C@@H](NC1CCSC1)c1ccccc1. The van der Waals surface area contributed by atoms with Gasteiger partial charge in [-0.25, -0.2) is 0 Å². The highest BCUT2D eigenvalue weighted by Gasteiger charge is 2.19. The predicted octanol–water partition coefficient (Wildman–Crippen LogP) is 2.21. The summed E-state index contributed by atoms with van der Waals surface area (Å²) in [5.74, 6) is 2.47. The topological polar surface area (TPSA) is 32.3 Å². The van der Waals surface area contributed by atoms with E-state index < -0.39 is 0 Å². The molecule has 1 aliphatic rings. The number of aliphatic hydroxyl groups is 1. The highest BCUT2D eigenvalue weighted by molar-refractivity contribution is 7.99. The van der Waals surface area contributed by atoms with Crippen molar-refractivity contribution < 1.29 is 5.11 Å². The number of benzene rings is 1. The second kappa shape index (κ2) is 6.28. The van der Waals surface area contributed by atoms with E-state index in [1.807, 2.05) is 17.8 Å². The molecule has 0 aliphatic carbocycles. The first-order chi connectivity index (χ1) is 7.90. The molecule has 1 unspecified atom stereocenters. The first kappa shape index (κ1) is 12.0. The molecule has 1 aliphatic heterocycles. The second-order valence-electron chi connectivity index (χ2n) is 4.20. The van der Waals surface area contributed by atoms with Crippen molar-refractivity contribution in [2.45, 2.75) is 24.9 Å². The molecule has 0 radical (unpaired) electrons. The molecule has 1 saturated heterocycles. The third kappa shape index (κ3) is 3.24. The Hall–Kier alpha value is -0.510. The third-order valence-corrected chi connectivity index (χ3v) is 4.15. The molecular formula is C13H19NOS. The molecule has 1 aromatic rings. The van der Waals surface area contributed by atoms with Crippen LogP contribution in [0.1, 0.15) is 24.4 Å². The van der Waals surface area contributed by atoms with Gasteiger partial charge in [-0.15, -0.1) is 0 Å². The van der Waals surface area contributed by atoms with E-state index in [9.17, 15) is 0 Å². The van der Waals surface area contributed by atoms with Crippen molar-refractivity contribution in [3.63, 3.8) is 0 Å². The molecule has 0 amide bonds. The molecule has 2 nitrogen and oxygen atoms in total. The number of hydrogen-bond donors (Lipinski definition) is 2. The maximum atomic E-state index is 9.13. The summed E-state index contributed by atoms with van der Waals surface area (Å²) in [5, 5.41) is 12.8. The average molecular weight is 237 g/mol. The Labute approximate surface area is 101 Å². The highest BCUT2D eigenvalue weighted by Crippen LogP contribution is 2.23. The lowest BCUT2D eigenvalue weighted by molar-refractivity contribution is 0.260. The maximum absolute atomic E-state index is 9.13. The van der Waals surface area contributed by atoms with Gasteiger partial charge in [0, 0.05) is 24.4 Å². The molecule has 2 atom stereocenters. The average Bonchev–Trinajstić information content (AvgIpc) is 2.83. The summed E-state index contributed by atoms with van der Waals surface area (Å²) in [6.45, 7) is 0.242. The van der Waals surface area contributed by atoms with Gasteiger partial charge in [-0.1, -0.05) is 30.3 Å². The minimum absolute atomic E-state index is 0.242. The number of thioether (sulfide) groups is 1. The van der Waals surface area contributed by atoms with Crippen molar-refractivity contribution in [3.8, 4) is 0 Å². The van der Waals surface area contributed by atoms with Crippen molar-refractivity contribution in [3.05, 3.63) is 35.9 Å². The summed E-state index contributed by atoms with van der Waals surface area (Å²) in [7, 11) is 0. The summed E-state index contributed by atoms with van der Waals surface area (Å²) < 4.78 is 0. The maximum Gasteiger partial charge on any atom is 0.0449 e. The number of aliphatic hydroxyl groups excluding tert-OH is 1. The number of hydrogen-bond acceptors (Lipinski definition) is 3. The van der Waals surface area contributed by atoms with Crippen LogP contribution in [-0.4, -0.2) is 29.3 Å². The van der Waals surface area contributed by atoms with Crippen molar-refractivity contribution in [1.82, 2.24) is 5.32 Å². The van der Waals surface area contributed by atoms with Crippen LogP contribution in [0.3, 0.4) is 0 Å². The molecule has 1 aromatic carbocycles. The van der Waals surface area contributed by atoms with E-state index in [-0.39, 0.29) is 6.61 Å². The summed E-state index contributed by atoms with van der Waals surface area (Å²) >= 11 is 2.01. The van der Waals surface area contributed by atoms with Crippen LogP contribution in [0.2, 0.25) is 0 Å². The van der Waals surface area contributed by atoms with Crippen LogP contribution in [0.15, 0.2) is 30.3 Å². The summed E-state index contributed by atoms with van der Waals surface area (Å²) in [5.41, 5.74) is 1.29. The van der Waals surface area contributed by atoms with Crippen LogP contribution in [0, 0.1) is 0 Å². The van der Waals surface area contributed by atoms with Gasteiger partial charge in [-0.05, 0) is 24.2 Å². The standard InChI is InChI=1S/C13H19NOS/c15-8-6-13(11-4-2-1-3-5-11)14-12-7-9-16-10-12/h1-5,12-15H,6-10H2/t12?,13-/m1/s1. The van der Waals surface area contributed by atoms with Gasteiger partial charge >= 0.3 is 0 Å². The number of rotatable bonds is 5. The Morgan fingerprint density at radius 2 is 2.19 bits per heavy atom. The van der Waals surface area contributed by atoms with E-state index in [1.54, 1.807) is 0 Å². The zero-order valence-corrected chi connectivity index (χ0v) is 10.2. The van der Waals surface area contributed by atoms with Crippen LogP contribution < -0.4 is 5.32 Å². The quantitative estimate of drug-likeness (QED) is 0.823. The molecule has 1 heterocycles. The van der Waals surface area contributed by atoms with Crippen molar-refractivity contribution in [2.75, 3.05) is 18.1 Å². The first-order valence-electron chi connectivity index (χ1n) is 5.90. The predicted molar refractivity (Wildman–Crippen MR) is 69.8 cm³/mol. The smallest absolute Gasteiger partial charge is 0.0449 e. The largest absolute Gasteiger partial charge is 0.396 e. The Morgan fingerprint density at radius 3 is 2.81 bits per heavy atom. The Morgan fingerprint density at radius 1 is 1.38 bits per heavy atom. The van der Waals surface area contributed by atoms with Gasteiger partial charge in [0.2, 0.25) is 0 Å². The lowest BCUT2D eigenvalue weighted by Gasteiger charge is -2.22. The van der Waals surface area contributed by atoms with E-state index in [2.05, 4.69) is 29.6 Å². The van der Waals surface area contributed by atoms with E-state index in [0.29, 0.717) is 12.1 Å². The normalized spacial score (nSPS) is 22.2. The van der Waals surface area contributed by atoms with E-state index in [4.69, 9.17) is 5.11 Å². The molecular weight excluding hydrogens is 218 g/mol. The van der Waals surface area contributed by atoms with Crippen LogP contribution in [0.25, 0.3) is 0 Å². The van der Waals surface area contributed by atoms with Gasteiger partial charge < -0.3 is 10.4 Å². The zero-order chi connectivity index (χ0) is 11.2. The Balaban J connectivity index is 1.99. The Bertz CT molecular complexity index is 298. The molecule has 2 N–H and O–H groups in total. The van der Waals surface area contributed by atoms with Gasteiger partial charge in [0.15, 0.2) is 0 Å². The fourth-order valence-corrected chi connectivity index (χ4v) is 3.28. The van der Waals surface area contributed by atoms with Gasteiger partial charge in [-0.2, -0.15) is 11.8 Å². The fraction of sp³-hybridized carbons (Fsp3) is 0.538. The molecule has 0 spiro atoms. The second-order valence-corrected chi connectivity index (χ2v) is 5.35. The summed E-state index contributed by atoms with van der Waals surface area (Å²) in [6.07, 6.45) is 2.05. The monoisotopic (exact) mass is 237 g/mol. The molecule has 16 heavy (non-hydrogen) atoms. The minimum atomic E-state index is 0.242. The highest BCUT2D eigenvalue weighted by atomic mass is 32.2. The molecule has 3 heteroatoms. The Kier molecular flexibility index (Phi) is 4.69. The van der Waals surface area contributed by atoms with Crippen LogP contribution in [0.4, 0.5) is 0 Å². The van der Waals surface area contributed by atoms with Crippen molar-refractivity contribution >= 4 is 11.8 Å². The lowest BCUT2D eigenvalue weighted by atomic mass is 10.0. The van der Waals surface area contributed by atoms with E-state index in [1.165, 1.54) is 23.5 Å². The van der Waals surface area contributed by atoms with Gasteiger partial charge in [-0.3, -0.25) is 0 Å². The first-order valence-corrected chi connectivity index (χ1v) is 7.05. The van der Waals surface area contributed by atoms with Crippen molar-refractivity contribution in [2.24, 2.45) is 0 Å². The molecule has 1 fully saturated rings. The summed E-state index contributed by atoms with van der Waals surface area (Å²) in [4.78, 5) is 0. The molecule has 2 rings (SSSR count). The van der Waals surface area contributed by atoms with Gasteiger partial charge in [0.25, 0.3) is 0 Å². The lowest BCUT2D eigenvalue weighted by Crippen LogP contribution is -2.33. The van der Waals surface area contributed by atoms with Gasteiger partial charge in [0.05, 0.1) is 0 Å². The zero-order valence-electron chi connectivity index (χ0n) is 9.43. The molecule has 0 bridgehead atoms. The fourth-order valence-electron chi connectivity index (χ4n) is 2.11. The molecule has 88 valence electrons. The van der Waals surface area contributed by atoms with Crippen LogP contribution in [-0.2, 0) is 0 Å². The van der Waals surface area contributed by atoms with E-state index in [0.717, 1.165) is 6.42 Å². The molecule has 0 aromatic heterocycles. The molecule has 0 saturated carbocycles. The minimum Gasteiger partial charge on any atom is -0.396 e. The third-order valence-electron chi connectivity index (χ3n) is 2.99. The van der Waals surface area contributed by atoms with Gasteiger partial charge in [0.1, 0.15) is 0 Å². The van der Waals surface area contributed by atoms with Crippen molar-refractivity contribution in [1.29, 1.82) is 0 Å². The number of nitrogens with one attached hydrogen (secondary N) is 1. The van der Waals surface area contributed by atoms with Crippen LogP contribution >= 0.6 is 11.8 Å². The van der Waals surface area contributed by atoms with Crippen LogP contribution in [0.5, 0.6) is 0 Å². The van der Waals surface area contributed by atoms with E-state index >= 15 is 0 Å².